The average Bonchev–Trinajstić information content (AvgIpc) is 2.46. The number of pyridine rings is 1. The molecule has 1 aromatic rings. The maximum Gasteiger partial charge on any atom is 0.0571 e. The van der Waals surface area contributed by atoms with Crippen LogP contribution in [0.15, 0.2) is 23.2 Å². The molecule has 1 aliphatic heterocycles. The van der Waals surface area contributed by atoms with Crippen molar-refractivity contribution in [3.05, 3.63) is 24.0 Å². The van der Waals surface area contributed by atoms with E-state index in [0.717, 1.165) is 44.7 Å². The summed E-state index contributed by atoms with van der Waals surface area (Å²) in [6.45, 7) is 7.20. The molecule has 0 amide bonds. The van der Waals surface area contributed by atoms with Crippen molar-refractivity contribution in [1.29, 1.82) is 0 Å². The van der Waals surface area contributed by atoms with Crippen LogP contribution in [-0.2, 0) is 4.74 Å². The van der Waals surface area contributed by atoms with E-state index in [-0.39, 0.29) is 0 Å². The topological polar surface area (TPSA) is 34.1 Å². The van der Waals surface area contributed by atoms with Gasteiger partial charge in [0.25, 0.3) is 0 Å². The first kappa shape index (κ1) is 14.8. The Morgan fingerprint density at radius 3 is 2.84 bits per heavy atom. The number of ether oxygens (including phenoxy) is 1. The third-order valence-corrected chi connectivity index (χ3v) is 4.69. The van der Waals surface area contributed by atoms with Crippen LogP contribution in [0, 0.1) is 0 Å². The molecule has 0 saturated carbocycles. The first-order valence-electron chi connectivity index (χ1n) is 7.23. The maximum atomic E-state index is 5.39. The van der Waals surface area contributed by atoms with E-state index >= 15 is 0 Å². The van der Waals surface area contributed by atoms with Crippen molar-refractivity contribution in [1.82, 2.24) is 10.3 Å². The molecule has 0 spiro atoms. The van der Waals surface area contributed by atoms with Gasteiger partial charge in [0, 0.05) is 35.6 Å². The van der Waals surface area contributed by atoms with Crippen molar-refractivity contribution in [3.63, 3.8) is 0 Å². The van der Waals surface area contributed by atoms with Crippen molar-refractivity contribution in [2.24, 2.45) is 0 Å². The lowest BCUT2D eigenvalue weighted by Crippen LogP contribution is -2.20. The molecule has 1 unspecified atom stereocenters. The molecule has 1 fully saturated rings. The van der Waals surface area contributed by atoms with Crippen molar-refractivity contribution < 1.29 is 4.74 Å². The van der Waals surface area contributed by atoms with Gasteiger partial charge >= 0.3 is 0 Å². The quantitative estimate of drug-likeness (QED) is 0.866. The van der Waals surface area contributed by atoms with Crippen molar-refractivity contribution in [2.45, 2.75) is 49.3 Å². The monoisotopic (exact) mass is 280 g/mol. The van der Waals surface area contributed by atoms with Crippen LogP contribution in [0.2, 0.25) is 0 Å². The minimum absolute atomic E-state index is 0.335. The summed E-state index contributed by atoms with van der Waals surface area (Å²) >= 11 is 1.94. The lowest BCUT2D eigenvalue weighted by Gasteiger charge is -2.21. The SMILES string of the molecule is CCCNC(C)c1ccc(SC2CCOCC2)cn1. The lowest BCUT2D eigenvalue weighted by molar-refractivity contribution is 0.100. The Balaban J connectivity index is 1.86. The number of nitrogens with zero attached hydrogens (tertiary/aromatic N) is 1. The number of nitrogens with one attached hydrogen (secondary N) is 1. The minimum atomic E-state index is 0.335. The fraction of sp³-hybridized carbons (Fsp3) is 0.667. The summed E-state index contributed by atoms with van der Waals surface area (Å²) in [4.78, 5) is 5.86. The molecule has 19 heavy (non-hydrogen) atoms. The van der Waals surface area contributed by atoms with Gasteiger partial charge in [0.05, 0.1) is 5.69 Å². The maximum absolute atomic E-state index is 5.39. The molecule has 106 valence electrons. The Bertz CT molecular complexity index is 363. The van der Waals surface area contributed by atoms with Crippen LogP contribution >= 0.6 is 11.8 Å². The molecule has 2 heterocycles. The molecular weight excluding hydrogens is 256 g/mol. The minimum Gasteiger partial charge on any atom is -0.381 e. The van der Waals surface area contributed by atoms with Crippen LogP contribution in [0.25, 0.3) is 0 Å². The highest BCUT2D eigenvalue weighted by molar-refractivity contribution is 8.00. The highest BCUT2D eigenvalue weighted by Gasteiger charge is 2.15. The smallest absolute Gasteiger partial charge is 0.0571 e. The van der Waals surface area contributed by atoms with Crippen molar-refractivity contribution >= 4 is 11.8 Å². The van der Waals surface area contributed by atoms with Crippen LogP contribution in [-0.4, -0.2) is 30.0 Å². The summed E-state index contributed by atoms with van der Waals surface area (Å²) in [5, 5.41) is 4.16. The number of hydrogen-bond donors (Lipinski definition) is 1. The molecule has 2 rings (SSSR count). The number of rotatable bonds is 6. The van der Waals surface area contributed by atoms with Crippen molar-refractivity contribution in [3.8, 4) is 0 Å². The number of thioether (sulfide) groups is 1. The standard InChI is InChI=1S/C15H24N2OS/c1-3-8-16-12(2)15-5-4-14(11-17-15)19-13-6-9-18-10-7-13/h4-5,11-13,16H,3,6-10H2,1-2H3. The number of aromatic nitrogens is 1. The number of hydrogen-bond acceptors (Lipinski definition) is 4. The Kier molecular flexibility index (Phi) is 6.14. The summed E-state index contributed by atoms with van der Waals surface area (Å²) in [5.41, 5.74) is 1.13. The fourth-order valence-corrected chi connectivity index (χ4v) is 3.24. The molecule has 1 aliphatic rings. The molecule has 3 nitrogen and oxygen atoms in total. The summed E-state index contributed by atoms with van der Waals surface area (Å²) in [5.74, 6) is 0. The predicted octanol–water partition coefficient (Wildman–Crippen LogP) is 3.41. The molecular formula is C15H24N2OS. The van der Waals surface area contributed by atoms with E-state index in [1.54, 1.807) is 0 Å². The van der Waals surface area contributed by atoms with E-state index in [1.165, 1.54) is 4.90 Å². The van der Waals surface area contributed by atoms with Gasteiger partial charge in [-0.3, -0.25) is 4.98 Å². The zero-order chi connectivity index (χ0) is 13.5. The van der Waals surface area contributed by atoms with E-state index in [1.807, 2.05) is 18.0 Å². The van der Waals surface area contributed by atoms with Gasteiger partial charge in [0.2, 0.25) is 0 Å². The van der Waals surface area contributed by atoms with Crippen molar-refractivity contribution in [2.75, 3.05) is 19.8 Å². The van der Waals surface area contributed by atoms with Gasteiger partial charge in [-0.15, -0.1) is 11.8 Å². The third kappa shape index (κ3) is 4.79. The Morgan fingerprint density at radius 1 is 1.42 bits per heavy atom. The Morgan fingerprint density at radius 2 is 2.21 bits per heavy atom. The first-order chi connectivity index (χ1) is 9.29. The molecule has 1 saturated heterocycles. The summed E-state index contributed by atoms with van der Waals surface area (Å²) in [6.07, 6.45) is 5.48. The Hall–Kier alpha value is -0.580. The van der Waals surface area contributed by atoms with Gasteiger partial charge in [0.15, 0.2) is 0 Å². The van der Waals surface area contributed by atoms with Crippen LogP contribution in [0.1, 0.15) is 44.8 Å². The van der Waals surface area contributed by atoms with Crippen LogP contribution in [0.3, 0.4) is 0 Å². The summed E-state index contributed by atoms with van der Waals surface area (Å²) < 4.78 is 5.39. The van der Waals surface area contributed by atoms with Crippen LogP contribution < -0.4 is 5.32 Å². The van der Waals surface area contributed by atoms with Gasteiger partial charge in [-0.2, -0.15) is 0 Å². The van der Waals surface area contributed by atoms with Crippen LogP contribution in [0.4, 0.5) is 0 Å². The van der Waals surface area contributed by atoms with Gasteiger partial charge in [-0.1, -0.05) is 6.92 Å². The second kappa shape index (κ2) is 7.88. The Labute approximate surface area is 120 Å². The summed E-state index contributed by atoms with van der Waals surface area (Å²) in [6, 6.07) is 4.68. The molecule has 1 atom stereocenters. The van der Waals surface area contributed by atoms with E-state index in [4.69, 9.17) is 4.74 Å². The average molecular weight is 280 g/mol. The van der Waals surface area contributed by atoms with Gasteiger partial charge in [0.1, 0.15) is 0 Å². The molecule has 0 aliphatic carbocycles. The van der Waals surface area contributed by atoms with E-state index in [9.17, 15) is 0 Å². The zero-order valence-electron chi connectivity index (χ0n) is 11.9. The van der Waals surface area contributed by atoms with E-state index < -0.39 is 0 Å². The molecule has 1 N–H and O–H groups in total. The normalized spacial score (nSPS) is 18.4. The lowest BCUT2D eigenvalue weighted by atomic mass is 10.2. The van der Waals surface area contributed by atoms with E-state index in [0.29, 0.717) is 11.3 Å². The van der Waals surface area contributed by atoms with Gasteiger partial charge in [-0.25, -0.2) is 0 Å². The predicted molar refractivity (Wildman–Crippen MR) is 80.6 cm³/mol. The second-order valence-electron chi connectivity index (χ2n) is 5.02. The molecule has 0 radical (unpaired) electrons. The first-order valence-corrected chi connectivity index (χ1v) is 8.11. The highest BCUT2D eigenvalue weighted by Crippen LogP contribution is 2.29. The summed E-state index contributed by atoms with van der Waals surface area (Å²) in [7, 11) is 0. The van der Waals surface area contributed by atoms with Crippen LogP contribution in [0.5, 0.6) is 0 Å². The molecule has 0 aromatic carbocycles. The third-order valence-electron chi connectivity index (χ3n) is 3.37. The van der Waals surface area contributed by atoms with Gasteiger partial charge < -0.3 is 10.1 Å². The molecule has 4 heteroatoms. The fourth-order valence-electron chi connectivity index (χ4n) is 2.17. The zero-order valence-corrected chi connectivity index (χ0v) is 12.7. The highest BCUT2D eigenvalue weighted by atomic mass is 32.2. The molecule has 1 aromatic heterocycles. The molecule has 0 bridgehead atoms. The largest absolute Gasteiger partial charge is 0.381 e. The van der Waals surface area contributed by atoms with Gasteiger partial charge in [-0.05, 0) is 44.9 Å². The second-order valence-corrected chi connectivity index (χ2v) is 6.40. The van der Waals surface area contributed by atoms with E-state index in [2.05, 4.69) is 36.3 Å².